The summed E-state index contributed by atoms with van der Waals surface area (Å²) in [6.07, 6.45) is 2.00. The lowest BCUT2D eigenvalue weighted by Crippen LogP contribution is -2.11. The topological polar surface area (TPSA) is 15.6 Å². The lowest BCUT2D eigenvalue weighted by atomic mass is 9.96. The zero-order valence-corrected chi connectivity index (χ0v) is 14.2. The molecule has 0 aliphatic heterocycles. The zero-order chi connectivity index (χ0) is 16.8. The van der Waals surface area contributed by atoms with Crippen molar-refractivity contribution in [1.29, 1.82) is 0 Å². The largest absolute Gasteiger partial charge is 0.374 e. The predicted molar refractivity (Wildman–Crippen MR) is 100 cm³/mol. The van der Waals surface area contributed by atoms with Gasteiger partial charge in [0.1, 0.15) is 0 Å². The Balaban J connectivity index is 2.22. The average Bonchev–Trinajstić information content (AvgIpc) is 2.55. The van der Waals surface area contributed by atoms with Crippen molar-refractivity contribution in [2.45, 2.75) is 20.4 Å². The number of allylic oxidation sites excluding steroid dienone is 1. The highest BCUT2D eigenvalue weighted by Gasteiger charge is 2.09. The van der Waals surface area contributed by atoms with E-state index in [0.29, 0.717) is 0 Å². The molecule has 0 heterocycles. The maximum absolute atomic E-state index is 4.23. The molecular formula is C21H24N2. The van der Waals surface area contributed by atoms with E-state index in [4.69, 9.17) is 0 Å². The first kappa shape index (κ1) is 16.8. The van der Waals surface area contributed by atoms with Crippen LogP contribution in [-0.2, 0) is 6.54 Å². The van der Waals surface area contributed by atoms with Crippen molar-refractivity contribution in [3.05, 3.63) is 89.3 Å². The molecule has 0 saturated heterocycles. The fourth-order valence-corrected chi connectivity index (χ4v) is 2.56. The van der Waals surface area contributed by atoms with Gasteiger partial charge >= 0.3 is 0 Å². The molecule has 2 heteroatoms. The summed E-state index contributed by atoms with van der Waals surface area (Å²) in [5, 5.41) is 0. The first-order chi connectivity index (χ1) is 11.0. The zero-order valence-electron chi connectivity index (χ0n) is 14.2. The lowest BCUT2D eigenvalue weighted by molar-refractivity contribution is 0.448. The molecule has 0 aliphatic rings. The van der Waals surface area contributed by atoms with Gasteiger partial charge in [-0.1, -0.05) is 55.1 Å². The van der Waals surface area contributed by atoms with E-state index in [1.54, 1.807) is 0 Å². The summed E-state index contributed by atoms with van der Waals surface area (Å²) in [5.41, 5.74) is 6.57. The summed E-state index contributed by atoms with van der Waals surface area (Å²) >= 11 is 0. The molecule has 0 fully saturated rings. The molecule has 2 aromatic rings. The van der Waals surface area contributed by atoms with Crippen molar-refractivity contribution >= 4 is 12.3 Å². The van der Waals surface area contributed by atoms with Crippen LogP contribution in [0, 0.1) is 13.8 Å². The number of nitrogens with zero attached hydrogens (tertiary/aromatic N) is 2. The lowest BCUT2D eigenvalue weighted by Gasteiger charge is -2.17. The Hall–Kier alpha value is -2.61. The van der Waals surface area contributed by atoms with Gasteiger partial charge in [-0.05, 0) is 42.8 Å². The third kappa shape index (κ3) is 4.19. The van der Waals surface area contributed by atoms with Gasteiger partial charge in [-0.2, -0.15) is 0 Å². The van der Waals surface area contributed by atoms with Crippen LogP contribution in [0.4, 0.5) is 0 Å². The molecule has 0 atom stereocenters. The van der Waals surface area contributed by atoms with E-state index < -0.39 is 0 Å². The summed E-state index contributed by atoms with van der Waals surface area (Å²) < 4.78 is 0. The minimum absolute atomic E-state index is 0.803. The minimum Gasteiger partial charge on any atom is -0.374 e. The van der Waals surface area contributed by atoms with Gasteiger partial charge in [0, 0.05) is 25.4 Å². The van der Waals surface area contributed by atoms with Gasteiger partial charge < -0.3 is 4.90 Å². The third-order valence-electron chi connectivity index (χ3n) is 4.03. The van der Waals surface area contributed by atoms with Gasteiger partial charge in [-0.15, -0.1) is 0 Å². The van der Waals surface area contributed by atoms with Crippen molar-refractivity contribution in [1.82, 2.24) is 4.90 Å². The van der Waals surface area contributed by atoms with Crippen LogP contribution in [0.5, 0.6) is 0 Å². The van der Waals surface area contributed by atoms with Gasteiger partial charge in [0.05, 0.1) is 5.70 Å². The van der Waals surface area contributed by atoms with E-state index >= 15 is 0 Å². The Labute approximate surface area is 139 Å². The average molecular weight is 304 g/mol. The van der Waals surface area contributed by atoms with Crippen LogP contribution >= 0.6 is 0 Å². The van der Waals surface area contributed by atoms with Gasteiger partial charge in [0.25, 0.3) is 0 Å². The summed E-state index contributed by atoms with van der Waals surface area (Å²) in [6.45, 7) is 13.0. The summed E-state index contributed by atoms with van der Waals surface area (Å²) in [5.74, 6) is 0. The molecule has 118 valence electrons. The fourth-order valence-electron chi connectivity index (χ4n) is 2.56. The van der Waals surface area contributed by atoms with E-state index in [-0.39, 0.29) is 0 Å². The van der Waals surface area contributed by atoms with E-state index in [9.17, 15) is 0 Å². The van der Waals surface area contributed by atoms with Crippen LogP contribution in [0.1, 0.15) is 22.3 Å². The van der Waals surface area contributed by atoms with Crippen molar-refractivity contribution in [2.24, 2.45) is 4.99 Å². The van der Waals surface area contributed by atoms with Crippen LogP contribution in [-0.4, -0.2) is 18.7 Å². The van der Waals surface area contributed by atoms with Crippen molar-refractivity contribution < 1.29 is 0 Å². The van der Waals surface area contributed by atoms with Crippen molar-refractivity contribution in [3.63, 3.8) is 0 Å². The minimum atomic E-state index is 0.803. The number of hydrogen-bond donors (Lipinski definition) is 0. The first-order valence-corrected chi connectivity index (χ1v) is 7.71. The molecule has 0 aliphatic carbocycles. The fraction of sp³-hybridized carbons (Fsp3) is 0.190. The number of hydrogen-bond acceptors (Lipinski definition) is 2. The Morgan fingerprint density at radius 2 is 1.78 bits per heavy atom. The maximum Gasteiger partial charge on any atom is 0.0853 e. The quantitative estimate of drug-likeness (QED) is 0.542. The second-order valence-corrected chi connectivity index (χ2v) is 5.80. The highest BCUT2D eigenvalue weighted by Crippen LogP contribution is 2.27. The van der Waals surface area contributed by atoms with Crippen molar-refractivity contribution in [3.8, 4) is 0 Å². The molecule has 2 nitrogen and oxygen atoms in total. The highest BCUT2D eigenvalue weighted by molar-refractivity contribution is 5.79. The van der Waals surface area contributed by atoms with Gasteiger partial charge in [0.2, 0.25) is 0 Å². The van der Waals surface area contributed by atoms with E-state index in [2.05, 4.69) is 79.5 Å². The van der Waals surface area contributed by atoms with Gasteiger partial charge in [-0.3, -0.25) is 4.99 Å². The molecule has 0 bridgehead atoms. The normalized spacial score (nSPS) is 11.2. The molecule has 0 amide bonds. The monoisotopic (exact) mass is 304 g/mol. The van der Waals surface area contributed by atoms with Crippen LogP contribution in [0.25, 0.3) is 5.57 Å². The third-order valence-corrected chi connectivity index (χ3v) is 4.03. The molecule has 0 aromatic heterocycles. The molecule has 0 saturated carbocycles. The summed E-state index contributed by atoms with van der Waals surface area (Å²) in [7, 11) is 2.04. The second-order valence-electron chi connectivity index (χ2n) is 5.80. The SMILES string of the molecule is C=N/C(=C\N(C)Cc1ccccc1)C(=C)c1cccc(C)c1C. The molecule has 0 unspecified atom stereocenters. The highest BCUT2D eigenvalue weighted by atomic mass is 15.1. The molecule has 0 radical (unpaired) electrons. The molecule has 23 heavy (non-hydrogen) atoms. The maximum atomic E-state index is 4.23. The molecule has 0 spiro atoms. The van der Waals surface area contributed by atoms with Crippen molar-refractivity contribution in [2.75, 3.05) is 7.05 Å². The number of rotatable bonds is 6. The summed E-state index contributed by atoms with van der Waals surface area (Å²) in [6, 6.07) is 16.6. The number of aryl methyl sites for hydroxylation is 1. The van der Waals surface area contributed by atoms with E-state index in [1.807, 2.05) is 19.3 Å². The van der Waals surface area contributed by atoms with Crippen LogP contribution < -0.4 is 0 Å². The number of benzene rings is 2. The first-order valence-electron chi connectivity index (χ1n) is 7.71. The smallest absolute Gasteiger partial charge is 0.0853 e. The second kappa shape index (κ2) is 7.59. The van der Waals surface area contributed by atoms with E-state index in [0.717, 1.165) is 23.4 Å². The molecule has 0 N–H and O–H groups in total. The van der Waals surface area contributed by atoms with Crippen LogP contribution in [0.2, 0.25) is 0 Å². The van der Waals surface area contributed by atoms with E-state index in [1.165, 1.54) is 16.7 Å². The Morgan fingerprint density at radius 1 is 1.09 bits per heavy atom. The molecule has 2 rings (SSSR count). The van der Waals surface area contributed by atoms with Crippen LogP contribution in [0.3, 0.4) is 0 Å². The molecular weight excluding hydrogens is 280 g/mol. The predicted octanol–water partition coefficient (Wildman–Crippen LogP) is 4.99. The van der Waals surface area contributed by atoms with Gasteiger partial charge in [-0.25, -0.2) is 0 Å². The standard InChI is InChI=1S/C21H24N2/c1-16-10-9-13-20(17(16)2)18(3)21(22-4)15-23(5)14-19-11-7-6-8-12-19/h6-13,15H,3-4,14H2,1-2,5H3/b21-15-. The Bertz CT molecular complexity index is 727. The number of aliphatic imine (C=N–C) groups is 1. The van der Waals surface area contributed by atoms with Crippen LogP contribution in [0.15, 0.2) is 72.0 Å². The molecule has 2 aromatic carbocycles. The Kier molecular flexibility index (Phi) is 5.53. The Morgan fingerprint density at radius 3 is 2.43 bits per heavy atom. The summed E-state index contributed by atoms with van der Waals surface area (Å²) in [4.78, 5) is 6.29. The van der Waals surface area contributed by atoms with Gasteiger partial charge in [0.15, 0.2) is 0 Å².